The van der Waals surface area contributed by atoms with Gasteiger partial charge in [0.25, 0.3) is 0 Å². The number of rotatable bonds is 1. The predicted molar refractivity (Wildman–Crippen MR) is 50.0 cm³/mol. The molecule has 5 heteroatoms. The van der Waals surface area contributed by atoms with Crippen LogP contribution < -0.4 is 0 Å². The van der Waals surface area contributed by atoms with Gasteiger partial charge in [-0.3, -0.25) is 4.79 Å². The van der Waals surface area contributed by atoms with E-state index in [1.807, 2.05) is 0 Å². The van der Waals surface area contributed by atoms with Crippen molar-refractivity contribution < 1.29 is 24.5 Å². The molecule has 1 spiro atoms. The molecule has 0 saturated carbocycles. The lowest BCUT2D eigenvalue weighted by Gasteiger charge is -2.26. The van der Waals surface area contributed by atoms with Crippen LogP contribution in [0.5, 0.6) is 0 Å². The van der Waals surface area contributed by atoms with Gasteiger partial charge in [-0.15, -0.1) is 0 Å². The summed E-state index contributed by atoms with van der Waals surface area (Å²) in [7, 11) is 0. The third kappa shape index (κ3) is 1.43. The van der Waals surface area contributed by atoms with E-state index in [0.717, 1.165) is 0 Å². The van der Waals surface area contributed by atoms with Crippen LogP contribution in [0, 0.1) is 0 Å². The van der Waals surface area contributed by atoms with Crippen LogP contribution in [0.15, 0.2) is 11.6 Å². The van der Waals surface area contributed by atoms with E-state index < -0.39 is 17.5 Å². The number of hydrogen-bond acceptors (Lipinski definition) is 5. The summed E-state index contributed by atoms with van der Waals surface area (Å²) in [5.41, 5.74) is -1.16. The zero-order chi connectivity index (χ0) is 11.3. The van der Waals surface area contributed by atoms with Crippen LogP contribution in [0.4, 0.5) is 0 Å². The Hall–Kier alpha value is -0.750. The molecule has 0 unspecified atom stereocenters. The number of ether oxygens (including phenoxy) is 2. The first-order valence-corrected chi connectivity index (χ1v) is 4.80. The summed E-state index contributed by atoms with van der Waals surface area (Å²) in [6.45, 7) is 2.98. The molecule has 0 radical (unpaired) electrons. The molecular formula is C10H14O5. The van der Waals surface area contributed by atoms with Crippen molar-refractivity contribution in [3.05, 3.63) is 11.6 Å². The van der Waals surface area contributed by atoms with Gasteiger partial charge in [0.05, 0.1) is 13.2 Å². The molecule has 0 aromatic heterocycles. The van der Waals surface area contributed by atoms with Crippen LogP contribution in [0.1, 0.15) is 13.8 Å². The van der Waals surface area contributed by atoms with Crippen LogP contribution >= 0.6 is 0 Å². The maximum Gasteiger partial charge on any atom is 0.198 e. The second kappa shape index (κ2) is 3.12. The Balaban J connectivity index is 2.30. The maximum absolute atomic E-state index is 11.9. The molecule has 2 aliphatic rings. The first-order chi connectivity index (χ1) is 6.91. The van der Waals surface area contributed by atoms with Crippen molar-refractivity contribution in [1.29, 1.82) is 0 Å². The molecule has 0 aromatic carbocycles. The lowest BCUT2D eigenvalue weighted by Crippen LogP contribution is -2.48. The third-order valence-electron chi connectivity index (χ3n) is 2.75. The first kappa shape index (κ1) is 10.8. The molecule has 2 atom stereocenters. The smallest absolute Gasteiger partial charge is 0.198 e. The van der Waals surface area contributed by atoms with Crippen molar-refractivity contribution in [3.8, 4) is 0 Å². The second-order valence-electron chi connectivity index (χ2n) is 4.30. The quantitative estimate of drug-likeness (QED) is 0.608. The highest BCUT2D eigenvalue weighted by atomic mass is 16.8. The molecule has 84 valence electrons. The lowest BCUT2D eigenvalue weighted by atomic mass is 9.97. The van der Waals surface area contributed by atoms with E-state index in [0.29, 0.717) is 0 Å². The van der Waals surface area contributed by atoms with Crippen LogP contribution in [-0.4, -0.2) is 46.7 Å². The highest BCUT2D eigenvalue weighted by Crippen LogP contribution is 2.39. The number of Topliss-reactive ketones (excluding diaryl/α,β-unsaturated/α-hetero) is 1. The van der Waals surface area contributed by atoms with Crippen molar-refractivity contribution in [1.82, 2.24) is 0 Å². The summed E-state index contributed by atoms with van der Waals surface area (Å²) < 4.78 is 10.8. The highest BCUT2D eigenvalue weighted by Gasteiger charge is 2.58. The van der Waals surface area contributed by atoms with Gasteiger partial charge in [0.2, 0.25) is 0 Å². The van der Waals surface area contributed by atoms with Crippen LogP contribution in [0.25, 0.3) is 0 Å². The Morgan fingerprint density at radius 3 is 2.67 bits per heavy atom. The number of aliphatic hydroxyl groups is 2. The number of aliphatic hydroxyl groups excluding tert-OH is 2. The zero-order valence-corrected chi connectivity index (χ0v) is 8.69. The fourth-order valence-corrected chi connectivity index (χ4v) is 1.97. The SMILES string of the molecule is CC1(C)OC[C@]2(O1)C(=O)C(CO)=C[C@H]2O. The van der Waals surface area contributed by atoms with Crippen molar-refractivity contribution in [3.63, 3.8) is 0 Å². The molecule has 1 heterocycles. The molecular weight excluding hydrogens is 200 g/mol. The molecule has 1 aliphatic heterocycles. The van der Waals surface area contributed by atoms with E-state index in [1.165, 1.54) is 6.08 Å². The molecule has 15 heavy (non-hydrogen) atoms. The lowest BCUT2D eigenvalue weighted by molar-refractivity contribution is -0.180. The summed E-state index contributed by atoms with van der Waals surface area (Å²) in [5.74, 6) is -1.27. The molecule has 0 amide bonds. The van der Waals surface area contributed by atoms with Gasteiger partial charge in [-0.1, -0.05) is 0 Å². The fraction of sp³-hybridized carbons (Fsp3) is 0.700. The largest absolute Gasteiger partial charge is 0.392 e. The van der Waals surface area contributed by atoms with Gasteiger partial charge in [0.1, 0.15) is 6.10 Å². The molecule has 0 bridgehead atoms. The number of carbonyl (C=O) groups excluding carboxylic acids is 1. The van der Waals surface area contributed by atoms with Gasteiger partial charge in [-0.2, -0.15) is 0 Å². The van der Waals surface area contributed by atoms with Crippen molar-refractivity contribution in [2.45, 2.75) is 31.3 Å². The minimum absolute atomic E-state index is 0.0139. The second-order valence-corrected chi connectivity index (χ2v) is 4.30. The Bertz CT molecular complexity index is 333. The first-order valence-electron chi connectivity index (χ1n) is 4.80. The maximum atomic E-state index is 11.9. The van der Waals surface area contributed by atoms with Crippen LogP contribution in [0.2, 0.25) is 0 Å². The average Bonchev–Trinajstić information content (AvgIpc) is 2.60. The van der Waals surface area contributed by atoms with Crippen molar-refractivity contribution in [2.75, 3.05) is 13.2 Å². The van der Waals surface area contributed by atoms with Gasteiger partial charge < -0.3 is 19.7 Å². The van der Waals surface area contributed by atoms with Gasteiger partial charge >= 0.3 is 0 Å². The minimum atomic E-state index is -1.35. The summed E-state index contributed by atoms with van der Waals surface area (Å²) in [4.78, 5) is 11.9. The Morgan fingerprint density at radius 2 is 2.27 bits per heavy atom. The summed E-state index contributed by atoms with van der Waals surface area (Å²) >= 11 is 0. The molecule has 2 rings (SSSR count). The monoisotopic (exact) mass is 214 g/mol. The number of ketones is 1. The van der Waals surface area contributed by atoms with E-state index in [2.05, 4.69) is 0 Å². The van der Waals surface area contributed by atoms with Crippen LogP contribution in [0.3, 0.4) is 0 Å². The number of carbonyl (C=O) groups is 1. The van der Waals surface area contributed by atoms with Gasteiger partial charge in [0.15, 0.2) is 17.2 Å². The van der Waals surface area contributed by atoms with Crippen LogP contribution in [-0.2, 0) is 14.3 Å². The topological polar surface area (TPSA) is 76.0 Å². The normalized spacial score (nSPS) is 38.8. The van der Waals surface area contributed by atoms with E-state index in [4.69, 9.17) is 14.6 Å². The van der Waals surface area contributed by atoms with Crippen molar-refractivity contribution in [2.24, 2.45) is 0 Å². The molecule has 1 aliphatic carbocycles. The van der Waals surface area contributed by atoms with Gasteiger partial charge in [-0.25, -0.2) is 0 Å². The highest BCUT2D eigenvalue weighted by molar-refractivity contribution is 6.06. The average molecular weight is 214 g/mol. The van der Waals surface area contributed by atoms with E-state index in [1.54, 1.807) is 13.8 Å². The summed E-state index contributed by atoms with van der Waals surface area (Å²) in [6.07, 6.45) is 0.279. The Labute approximate surface area is 87.3 Å². The van der Waals surface area contributed by atoms with Gasteiger partial charge in [0, 0.05) is 5.57 Å². The predicted octanol–water partition coefficient (Wildman–Crippen LogP) is -0.630. The minimum Gasteiger partial charge on any atom is -0.392 e. The molecule has 5 nitrogen and oxygen atoms in total. The van der Waals surface area contributed by atoms with Crippen molar-refractivity contribution >= 4 is 5.78 Å². The number of hydrogen-bond donors (Lipinski definition) is 2. The Morgan fingerprint density at radius 1 is 1.60 bits per heavy atom. The molecule has 1 saturated heterocycles. The van der Waals surface area contributed by atoms with E-state index in [-0.39, 0.29) is 24.6 Å². The summed E-state index contributed by atoms with van der Waals surface area (Å²) in [6, 6.07) is 0. The molecule has 0 aromatic rings. The van der Waals surface area contributed by atoms with Gasteiger partial charge in [-0.05, 0) is 19.9 Å². The third-order valence-corrected chi connectivity index (χ3v) is 2.75. The standard InChI is InChI=1S/C10H14O5/c1-9(2)14-5-10(15-9)7(12)3-6(4-11)8(10)13/h3,7,11-12H,4-5H2,1-2H3/t7-,10-/m1/s1. The zero-order valence-electron chi connectivity index (χ0n) is 8.69. The van der Waals surface area contributed by atoms with E-state index in [9.17, 15) is 9.90 Å². The summed E-state index contributed by atoms with van der Waals surface area (Å²) in [5, 5.41) is 18.7. The molecule has 1 fully saturated rings. The Kier molecular flexibility index (Phi) is 2.24. The molecule has 2 N–H and O–H groups in total. The fourth-order valence-electron chi connectivity index (χ4n) is 1.97. The van der Waals surface area contributed by atoms with E-state index >= 15 is 0 Å².